The first-order valence-electron chi connectivity index (χ1n) is 7.10. The molecule has 1 saturated heterocycles. The van der Waals surface area contributed by atoms with E-state index in [2.05, 4.69) is 10.1 Å². The normalized spacial score (nSPS) is 15.6. The molecule has 20 heavy (non-hydrogen) atoms. The van der Waals surface area contributed by atoms with Crippen LogP contribution in [0.2, 0.25) is 0 Å². The van der Waals surface area contributed by atoms with E-state index in [9.17, 15) is 4.79 Å². The Morgan fingerprint density at radius 2 is 1.95 bits per heavy atom. The summed E-state index contributed by atoms with van der Waals surface area (Å²) in [5.74, 6) is 0.398. The van der Waals surface area contributed by atoms with Gasteiger partial charge < -0.3 is 9.42 Å². The number of carbonyl (C=O) groups excluding carboxylic acids is 1. The van der Waals surface area contributed by atoms with Gasteiger partial charge in [0.1, 0.15) is 5.69 Å². The molecule has 2 aromatic rings. The summed E-state index contributed by atoms with van der Waals surface area (Å²) in [6.45, 7) is 3.04. The molecular formula is C16H18N2O2. The second kappa shape index (κ2) is 6.01. The van der Waals surface area contributed by atoms with E-state index in [1.807, 2.05) is 30.3 Å². The molecule has 0 amide bonds. The van der Waals surface area contributed by atoms with Gasteiger partial charge in [0.05, 0.1) is 0 Å². The molecule has 1 aromatic heterocycles. The molecule has 3 rings (SSSR count). The summed E-state index contributed by atoms with van der Waals surface area (Å²) in [5, 5.41) is 3.98. The van der Waals surface area contributed by atoms with Crippen LogP contribution < -0.4 is 0 Å². The lowest BCUT2D eigenvalue weighted by Gasteiger charge is -2.12. The van der Waals surface area contributed by atoms with Crippen LogP contribution in [0.25, 0.3) is 11.3 Å². The Labute approximate surface area is 118 Å². The maximum absolute atomic E-state index is 12.1. The number of nitrogens with zero attached hydrogens (tertiary/aromatic N) is 2. The third-order valence-corrected chi connectivity index (χ3v) is 3.71. The molecule has 1 aromatic carbocycles. The predicted molar refractivity (Wildman–Crippen MR) is 76.6 cm³/mol. The highest BCUT2D eigenvalue weighted by Crippen LogP contribution is 2.19. The lowest BCUT2D eigenvalue weighted by Crippen LogP contribution is -2.22. The first kappa shape index (κ1) is 13.1. The molecule has 4 heteroatoms. The van der Waals surface area contributed by atoms with Crippen LogP contribution in [0.5, 0.6) is 0 Å². The van der Waals surface area contributed by atoms with Crippen molar-refractivity contribution in [2.24, 2.45) is 0 Å². The summed E-state index contributed by atoms with van der Waals surface area (Å²) in [5.41, 5.74) is 1.69. The van der Waals surface area contributed by atoms with Crippen molar-refractivity contribution in [2.45, 2.75) is 19.3 Å². The summed E-state index contributed by atoms with van der Waals surface area (Å²) in [4.78, 5) is 14.4. The van der Waals surface area contributed by atoms with Gasteiger partial charge >= 0.3 is 0 Å². The van der Waals surface area contributed by atoms with Crippen LogP contribution in [0.3, 0.4) is 0 Å². The Balaban J connectivity index is 1.62. The van der Waals surface area contributed by atoms with Gasteiger partial charge in [-0.15, -0.1) is 0 Å². The van der Waals surface area contributed by atoms with Gasteiger partial charge in [0.25, 0.3) is 0 Å². The molecule has 0 N–H and O–H groups in total. The van der Waals surface area contributed by atoms with Crippen molar-refractivity contribution < 1.29 is 9.32 Å². The number of hydrogen-bond acceptors (Lipinski definition) is 4. The van der Waals surface area contributed by atoms with E-state index in [1.54, 1.807) is 6.07 Å². The summed E-state index contributed by atoms with van der Waals surface area (Å²) in [7, 11) is 0. The quantitative estimate of drug-likeness (QED) is 0.783. The van der Waals surface area contributed by atoms with E-state index in [-0.39, 0.29) is 5.78 Å². The molecule has 0 aliphatic carbocycles. The van der Waals surface area contributed by atoms with Crippen LogP contribution in [-0.2, 0) is 0 Å². The van der Waals surface area contributed by atoms with Gasteiger partial charge in [-0.1, -0.05) is 35.5 Å². The molecule has 4 nitrogen and oxygen atoms in total. The average molecular weight is 270 g/mol. The molecule has 0 atom stereocenters. The van der Waals surface area contributed by atoms with Crippen molar-refractivity contribution in [1.29, 1.82) is 0 Å². The highest BCUT2D eigenvalue weighted by Gasteiger charge is 2.17. The van der Waals surface area contributed by atoms with Gasteiger partial charge in [-0.3, -0.25) is 4.79 Å². The smallest absolute Gasteiger partial charge is 0.203 e. The van der Waals surface area contributed by atoms with Crippen LogP contribution in [-0.4, -0.2) is 35.5 Å². The number of Topliss-reactive ketones (excluding diaryl/α,β-unsaturated/α-hetero) is 1. The molecular weight excluding hydrogens is 252 g/mol. The zero-order valence-electron chi connectivity index (χ0n) is 11.4. The van der Waals surface area contributed by atoms with Crippen molar-refractivity contribution in [3.63, 3.8) is 0 Å². The number of carbonyl (C=O) groups is 1. The van der Waals surface area contributed by atoms with Crippen molar-refractivity contribution in [2.75, 3.05) is 19.6 Å². The lowest BCUT2D eigenvalue weighted by atomic mass is 10.1. The first-order valence-corrected chi connectivity index (χ1v) is 7.10. The van der Waals surface area contributed by atoms with Crippen molar-refractivity contribution in [3.05, 3.63) is 42.2 Å². The summed E-state index contributed by atoms with van der Waals surface area (Å²) in [6, 6.07) is 11.5. The van der Waals surface area contributed by atoms with E-state index in [0.29, 0.717) is 12.2 Å². The van der Waals surface area contributed by atoms with Crippen LogP contribution in [0.4, 0.5) is 0 Å². The number of ketones is 1. The van der Waals surface area contributed by atoms with Crippen LogP contribution >= 0.6 is 0 Å². The minimum absolute atomic E-state index is 0.0339. The topological polar surface area (TPSA) is 46.3 Å². The Morgan fingerprint density at radius 3 is 2.70 bits per heavy atom. The van der Waals surface area contributed by atoms with Gasteiger partial charge in [0, 0.05) is 24.6 Å². The van der Waals surface area contributed by atoms with Crippen LogP contribution in [0.1, 0.15) is 29.8 Å². The molecule has 0 bridgehead atoms. The van der Waals surface area contributed by atoms with Crippen molar-refractivity contribution in [1.82, 2.24) is 10.1 Å². The molecule has 1 aliphatic heterocycles. The molecule has 0 radical (unpaired) electrons. The average Bonchev–Trinajstić information content (AvgIpc) is 3.17. The minimum Gasteiger partial charge on any atom is -0.352 e. The zero-order chi connectivity index (χ0) is 13.8. The number of rotatable bonds is 5. The second-order valence-corrected chi connectivity index (χ2v) is 5.16. The molecule has 1 fully saturated rings. The Bertz CT molecular complexity index is 571. The molecule has 0 unspecified atom stereocenters. The number of likely N-dealkylation sites (tertiary alicyclic amines) is 1. The molecule has 0 saturated carbocycles. The number of aromatic nitrogens is 1. The maximum Gasteiger partial charge on any atom is 0.203 e. The third kappa shape index (κ3) is 2.96. The van der Waals surface area contributed by atoms with E-state index in [0.717, 1.165) is 30.9 Å². The van der Waals surface area contributed by atoms with Gasteiger partial charge in [0.15, 0.2) is 0 Å². The highest BCUT2D eigenvalue weighted by molar-refractivity contribution is 5.94. The molecule has 1 aliphatic rings. The zero-order valence-corrected chi connectivity index (χ0v) is 11.4. The Hall–Kier alpha value is -1.94. The van der Waals surface area contributed by atoms with Crippen LogP contribution in [0.15, 0.2) is 40.9 Å². The van der Waals surface area contributed by atoms with E-state index >= 15 is 0 Å². The standard InChI is InChI=1S/C16H18N2O2/c19-15(8-11-18-9-4-5-10-18)16-12-14(17-20-16)13-6-2-1-3-7-13/h1-3,6-7,12H,4-5,8-11H2. The Kier molecular flexibility index (Phi) is 3.92. The first-order chi connectivity index (χ1) is 9.83. The van der Waals surface area contributed by atoms with Crippen LogP contribution in [0, 0.1) is 0 Å². The fraction of sp³-hybridized carbons (Fsp3) is 0.375. The molecule has 0 spiro atoms. The summed E-state index contributed by atoms with van der Waals surface area (Å²) < 4.78 is 5.18. The van der Waals surface area contributed by atoms with Crippen molar-refractivity contribution >= 4 is 5.78 Å². The third-order valence-electron chi connectivity index (χ3n) is 3.71. The van der Waals surface area contributed by atoms with E-state index < -0.39 is 0 Å². The second-order valence-electron chi connectivity index (χ2n) is 5.16. The monoisotopic (exact) mass is 270 g/mol. The van der Waals surface area contributed by atoms with Gasteiger partial charge in [-0.25, -0.2) is 0 Å². The van der Waals surface area contributed by atoms with E-state index in [1.165, 1.54) is 12.8 Å². The number of hydrogen-bond donors (Lipinski definition) is 0. The largest absolute Gasteiger partial charge is 0.352 e. The fourth-order valence-corrected chi connectivity index (χ4v) is 2.54. The highest BCUT2D eigenvalue weighted by atomic mass is 16.5. The molecule has 104 valence electrons. The van der Waals surface area contributed by atoms with Crippen molar-refractivity contribution in [3.8, 4) is 11.3 Å². The maximum atomic E-state index is 12.1. The predicted octanol–water partition coefficient (Wildman–Crippen LogP) is 3.01. The van der Waals surface area contributed by atoms with Gasteiger partial charge in [-0.2, -0.15) is 0 Å². The lowest BCUT2D eigenvalue weighted by molar-refractivity contribution is 0.0933. The summed E-state index contributed by atoms with van der Waals surface area (Å²) >= 11 is 0. The Morgan fingerprint density at radius 1 is 1.20 bits per heavy atom. The minimum atomic E-state index is 0.0339. The van der Waals surface area contributed by atoms with Gasteiger partial charge in [0.2, 0.25) is 11.5 Å². The molecule has 2 heterocycles. The summed E-state index contributed by atoms with van der Waals surface area (Å²) in [6.07, 6.45) is 2.99. The van der Waals surface area contributed by atoms with Gasteiger partial charge in [-0.05, 0) is 25.9 Å². The number of benzene rings is 1. The fourth-order valence-electron chi connectivity index (χ4n) is 2.54. The van der Waals surface area contributed by atoms with E-state index in [4.69, 9.17) is 4.52 Å². The SMILES string of the molecule is O=C(CCN1CCCC1)c1cc(-c2ccccc2)no1.